The van der Waals surface area contributed by atoms with Gasteiger partial charge in [-0.05, 0) is 55.3 Å². The van der Waals surface area contributed by atoms with E-state index in [4.69, 9.17) is 21.4 Å². The van der Waals surface area contributed by atoms with Crippen LogP contribution >= 0.6 is 23.4 Å². The first-order valence-electron chi connectivity index (χ1n) is 12.0. The molecule has 0 saturated carbocycles. The molecule has 1 atom stereocenters. The number of nitrogens with one attached hydrogen (secondary N) is 2. The van der Waals surface area contributed by atoms with Gasteiger partial charge in [0, 0.05) is 16.5 Å². The number of thioether (sulfide) groups is 1. The molecule has 0 saturated heterocycles. The standard InChI is InChI=1S/C28H25ClFN5O2S/c1-3-37-23-11-7-6-10-22(23)32-26(36)24-17(2)31-27-33-28(38-16-19-8-4-5-9-21(19)30)34-35(27)25(24)18-12-14-20(29)15-13-18/h4-15,25H,3,16H2,1-2H3,(H,32,36)(H,31,33,34). The number of rotatable bonds is 8. The van der Waals surface area contributed by atoms with Crippen LogP contribution in [-0.2, 0) is 10.5 Å². The van der Waals surface area contributed by atoms with Crippen molar-refractivity contribution in [3.05, 3.63) is 106 Å². The summed E-state index contributed by atoms with van der Waals surface area (Å²) in [6.07, 6.45) is 0. The zero-order chi connectivity index (χ0) is 26.6. The Morgan fingerprint density at radius 2 is 1.87 bits per heavy atom. The van der Waals surface area contributed by atoms with Crippen LogP contribution in [0.1, 0.15) is 31.0 Å². The van der Waals surface area contributed by atoms with Gasteiger partial charge in [-0.25, -0.2) is 9.07 Å². The minimum atomic E-state index is -0.571. The van der Waals surface area contributed by atoms with Gasteiger partial charge >= 0.3 is 0 Å². The summed E-state index contributed by atoms with van der Waals surface area (Å²) in [4.78, 5) is 18.4. The second-order valence-corrected chi connectivity index (χ2v) is 9.92. The molecule has 1 unspecified atom stereocenters. The monoisotopic (exact) mass is 549 g/mol. The number of hydrogen-bond donors (Lipinski definition) is 2. The third kappa shape index (κ3) is 5.39. The maximum absolute atomic E-state index is 14.1. The van der Waals surface area contributed by atoms with Gasteiger partial charge in [0.05, 0.1) is 17.9 Å². The Bertz CT molecular complexity index is 1510. The Hall–Kier alpha value is -3.82. The van der Waals surface area contributed by atoms with Gasteiger partial charge in [-0.1, -0.05) is 65.8 Å². The van der Waals surface area contributed by atoms with Crippen LogP contribution < -0.4 is 15.4 Å². The summed E-state index contributed by atoms with van der Waals surface area (Å²) in [6, 6.07) is 20.6. The number of carbonyl (C=O) groups is 1. The first-order chi connectivity index (χ1) is 18.4. The molecule has 0 spiro atoms. The van der Waals surface area contributed by atoms with E-state index in [1.54, 1.807) is 41.1 Å². The number of halogens is 2. The van der Waals surface area contributed by atoms with E-state index in [0.29, 0.717) is 56.8 Å². The average molecular weight is 550 g/mol. The van der Waals surface area contributed by atoms with Crippen molar-refractivity contribution in [1.29, 1.82) is 0 Å². The van der Waals surface area contributed by atoms with Crippen molar-refractivity contribution in [3.8, 4) is 5.75 Å². The first kappa shape index (κ1) is 25.8. The van der Waals surface area contributed by atoms with Crippen LogP contribution in [0.2, 0.25) is 5.02 Å². The van der Waals surface area contributed by atoms with Crippen LogP contribution in [0.15, 0.2) is 89.2 Å². The number of ether oxygens (including phenoxy) is 1. The van der Waals surface area contributed by atoms with Crippen LogP contribution in [0.3, 0.4) is 0 Å². The van der Waals surface area contributed by atoms with Crippen molar-refractivity contribution < 1.29 is 13.9 Å². The van der Waals surface area contributed by atoms with E-state index in [9.17, 15) is 9.18 Å². The minimum Gasteiger partial charge on any atom is -0.492 e. The van der Waals surface area contributed by atoms with Gasteiger partial charge in [-0.3, -0.25) is 4.79 Å². The highest BCUT2D eigenvalue weighted by Crippen LogP contribution is 2.38. The lowest BCUT2D eigenvalue weighted by molar-refractivity contribution is -0.113. The molecule has 1 amide bonds. The van der Waals surface area contributed by atoms with Gasteiger partial charge in [0.15, 0.2) is 0 Å². The average Bonchev–Trinajstić information content (AvgIpc) is 3.31. The SMILES string of the molecule is CCOc1ccccc1NC(=O)C1=C(C)Nc2nc(SCc3ccccc3F)nn2C1c1ccc(Cl)cc1. The molecule has 0 bridgehead atoms. The molecule has 2 heterocycles. The van der Waals surface area contributed by atoms with Gasteiger partial charge in [-0.15, -0.1) is 5.10 Å². The maximum atomic E-state index is 14.1. The molecule has 1 aliphatic heterocycles. The largest absolute Gasteiger partial charge is 0.492 e. The number of amides is 1. The number of allylic oxidation sites excluding steroid dienone is 1. The molecule has 0 aliphatic carbocycles. The molecule has 2 N–H and O–H groups in total. The second-order valence-electron chi connectivity index (χ2n) is 8.54. The molecule has 5 rings (SSSR count). The molecule has 3 aromatic carbocycles. The Balaban J connectivity index is 1.49. The fraction of sp³-hybridized carbons (Fsp3) is 0.179. The van der Waals surface area contributed by atoms with Crippen LogP contribution in [0, 0.1) is 5.82 Å². The fourth-order valence-corrected chi connectivity index (χ4v) is 5.18. The van der Waals surface area contributed by atoms with Crippen molar-refractivity contribution in [1.82, 2.24) is 14.8 Å². The number of nitrogens with zero attached hydrogens (tertiary/aromatic N) is 3. The lowest BCUT2D eigenvalue weighted by atomic mass is 9.95. The van der Waals surface area contributed by atoms with Crippen molar-refractivity contribution in [2.24, 2.45) is 0 Å². The highest BCUT2D eigenvalue weighted by molar-refractivity contribution is 7.98. The molecule has 7 nitrogen and oxygen atoms in total. The second kappa shape index (κ2) is 11.3. The molecular formula is C28H25ClFN5O2S. The molecule has 1 aromatic heterocycles. The summed E-state index contributed by atoms with van der Waals surface area (Å²) < 4.78 is 21.5. The zero-order valence-corrected chi connectivity index (χ0v) is 22.3. The van der Waals surface area contributed by atoms with Crippen LogP contribution in [0.4, 0.5) is 16.0 Å². The summed E-state index contributed by atoms with van der Waals surface area (Å²) in [6.45, 7) is 4.19. The zero-order valence-electron chi connectivity index (χ0n) is 20.7. The van der Waals surface area contributed by atoms with Crippen molar-refractivity contribution in [3.63, 3.8) is 0 Å². The summed E-state index contributed by atoms with van der Waals surface area (Å²) in [5.74, 6) is 0.871. The highest BCUT2D eigenvalue weighted by atomic mass is 35.5. The van der Waals surface area contributed by atoms with E-state index in [1.165, 1.54) is 17.8 Å². The van der Waals surface area contributed by atoms with Gasteiger partial charge in [0.25, 0.3) is 5.91 Å². The molecule has 38 heavy (non-hydrogen) atoms. The van der Waals surface area contributed by atoms with E-state index < -0.39 is 6.04 Å². The van der Waals surface area contributed by atoms with Gasteiger partial charge in [0.1, 0.15) is 17.6 Å². The van der Waals surface area contributed by atoms with Crippen molar-refractivity contribution >= 4 is 40.9 Å². The molecule has 4 aromatic rings. The quantitative estimate of drug-likeness (QED) is 0.238. The van der Waals surface area contributed by atoms with Crippen LogP contribution in [0.25, 0.3) is 0 Å². The van der Waals surface area contributed by atoms with Crippen LogP contribution in [0.5, 0.6) is 5.75 Å². The van der Waals surface area contributed by atoms with Gasteiger partial charge in [-0.2, -0.15) is 4.98 Å². The highest BCUT2D eigenvalue weighted by Gasteiger charge is 2.34. The Morgan fingerprint density at radius 1 is 1.13 bits per heavy atom. The van der Waals surface area contributed by atoms with Gasteiger partial charge < -0.3 is 15.4 Å². The number of aromatic nitrogens is 3. The molecule has 0 fully saturated rings. The number of hydrogen-bond acceptors (Lipinski definition) is 6. The lowest BCUT2D eigenvalue weighted by Crippen LogP contribution is -2.31. The fourth-order valence-electron chi connectivity index (χ4n) is 4.24. The Morgan fingerprint density at radius 3 is 2.63 bits per heavy atom. The number of anilines is 2. The Kier molecular flexibility index (Phi) is 7.67. The normalized spacial score (nSPS) is 14.6. The number of para-hydroxylation sites is 2. The molecule has 194 valence electrons. The van der Waals surface area contributed by atoms with Crippen molar-refractivity contribution in [2.45, 2.75) is 30.8 Å². The topological polar surface area (TPSA) is 81.1 Å². The van der Waals surface area contributed by atoms with E-state index in [0.717, 1.165) is 5.56 Å². The van der Waals surface area contributed by atoms with Crippen molar-refractivity contribution in [2.75, 3.05) is 17.2 Å². The predicted octanol–water partition coefficient (Wildman–Crippen LogP) is 6.69. The predicted molar refractivity (Wildman–Crippen MR) is 148 cm³/mol. The number of benzene rings is 3. The van der Waals surface area contributed by atoms with E-state index in [-0.39, 0.29) is 11.7 Å². The summed E-state index contributed by atoms with van der Waals surface area (Å²) >= 11 is 7.48. The third-order valence-corrected chi connectivity index (χ3v) is 7.15. The third-order valence-electron chi connectivity index (χ3n) is 6.01. The number of carbonyl (C=O) groups excluding carboxylic acids is 1. The lowest BCUT2D eigenvalue weighted by Gasteiger charge is -2.28. The summed E-state index contributed by atoms with van der Waals surface area (Å²) in [7, 11) is 0. The molecular weight excluding hydrogens is 525 g/mol. The number of fused-ring (bicyclic) bond motifs is 1. The maximum Gasteiger partial charge on any atom is 0.255 e. The van der Waals surface area contributed by atoms with E-state index >= 15 is 0 Å². The summed E-state index contributed by atoms with van der Waals surface area (Å²) in [5, 5.41) is 12.0. The molecule has 1 aliphatic rings. The molecule has 0 radical (unpaired) electrons. The summed E-state index contributed by atoms with van der Waals surface area (Å²) in [5.41, 5.74) is 3.06. The first-order valence-corrected chi connectivity index (χ1v) is 13.4. The molecule has 10 heteroatoms. The van der Waals surface area contributed by atoms with Crippen LogP contribution in [-0.4, -0.2) is 27.3 Å². The minimum absolute atomic E-state index is 0.273. The van der Waals surface area contributed by atoms with E-state index in [2.05, 4.69) is 15.6 Å². The van der Waals surface area contributed by atoms with Gasteiger partial charge in [0.2, 0.25) is 11.1 Å². The van der Waals surface area contributed by atoms with E-state index in [1.807, 2.05) is 44.2 Å². The smallest absolute Gasteiger partial charge is 0.255 e. The Labute approximate surface area is 229 Å².